The molecule has 0 aromatic heterocycles. The largest absolute Gasteiger partial charge is 0.307 e. The molecule has 1 aromatic rings. The first kappa shape index (κ1) is 10.7. The highest BCUT2D eigenvalue weighted by Crippen LogP contribution is 2.28. The molecule has 1 nitrogen and oxygen atoms in total. The Bertz CT molecular complexity index is 281. The van der Waals surface area contributed by atoms with Crippen molar-refractivity contribution in [2.24, 2.45) is 0 Å². The molecule has 1 aliphatic rings. The summed E-state index contributed by atoms with van der Waals surface area (Å²) in [5.74, 6) is 0. The van der Waals surface area contributed by atoms with Crippen LogP contribution < -0.4 is 5.32 Å². The maximum atomic E-state index is 3.74. The van der Waals surface area contributed by atoms with Crippen LogP contribution in [-0.4, -0.2) is 6.04 Å². The molecule has 2 unspecified atom stereocenters. The number of unbranched alkanes of at least 4 members (excludes halogenated alkanes) is 1. The van der Waals surface area contributed by atoms with E-state index in [0.717, 1.165) is 6.04 Å². The van der Waals surface area contributed by atoms with E-state index in [4.69, 9.17) is 0 Å². The minimum atomic E-state index is 0.605. The van der Waals surface area contributed by atoms with Crippen LogP contribution in [0.15, 0.2) is 30.3 Å². The molecule has 1 heterocycles. The molecule has 82 valence electrons. The molecule has 1 fully saturated rings. The summed E-state index contributed by atoms with van der Waals surface area (Å²) in [6.07, 6.45) is 6.67. The lowest BCUT2D eigenvalue weighted by Crippen LogP contribution is -2.23. The Morgan fingerprint density at radius 3 is 2.73 bits per heavy atom. The molecule has 2 atom stereocenters. The summed E-state index contributed by atoms with van der Waals surface area (Å²) in [5, 5.41) is 3.74. The van der Waals surface area contributed by atoms with E-state index in [1.807, 2.05) is 0 Å². The van der Waals surface area contributed by atoms with E-state index in [9.17, 15) is 0 Å². The summed E-state index contributed by atoms with van der Waals surface area (Å²) < 4.78 is 0. The molecule has 1 heteroatoms. The highest BCUT2D eigenvalue weighted by molar-refractivity contribution is 5.20. The zero-order chi connectivity index (χ0) is 10.5. The normalized spacial score (nSPS) is 25.7. The van der Waals surface area contributed by atoms with Gasteiger partial charge in [0.05, 0.1) is 0 Å². The topological polar surface area (TPSA) is 12.0 Å². The van der Waals surface area contributed by atoms with Gasteiger partial charge in [0, 0.05) is 12.1 Å². The summed E-state index contributed by atoms with van der Waals surface area (Å²) in [7, 11) is 0. The van der Waals surface area contributed by atoms with Crippen molar-refractivity contribution in [2.75, 3.05) is 0 Å². The van der Waals surface area contributed by atoms with Crippen molar-refractivity contribution in [1.29, 1.82) is 0 Å². The summed E-state index contributed by atoms with van der Waals surface area (Å²) >= 11 is 0. The van der Waals surface area contributed by atoms with Gasteiger partial charge >= 0.3 is 0 Å². The van der Waals surface area contributed by atoms with Crippen molar-refractivity contribution in [3.05, 3.63) is 35.9 Å². The Hall–Kier alpha value is -0.820. The van der Waals surface area contributed by atoms with Gasteiger partial charge in [-0.3, -0.25) is 0 Å². The van der Waals surface area contributed by atoms with Crippen LogP contribution in [0.2, 0.25) is 0 Å². The van der Waals surface area contributed by atoms with Gasteiger partial charge in [-0.05, 0) is 24.8 Å². The molecule has 15 heavy (non-hydrogen) atoms. The Morgan fingerprint density at radius 1 is 1.20 bits per heavy atom. The van der Waals surface area contributed by atoms with Crippen molar-refractivity contribution in [3.8, 4) is 0 Å². The summed E-state index contributed by atoms with van der Waals surface area (Å²) in [4.78, 5) is 0. The van der Waals surface area contributed by atoms with Crippen LogP contribution in [0, 0.1) is 0 Å². The fraction of sp³-hybridized carbons (Fsp3) is 0.571. The van der Waals surface area contributed by atoms with E-state index in [1.54, 1.807) is 0 Å². The molecule has 0 radical (unpaired) electrons. The fourth-order valence-electron chi connectivity index (χ4n) is 2.45. The Balaban J connectivity index is 1.87. The van der Waals surface area contributed by atoms with Crippen LogP contribution in [-0.2, 0) is 0 Å². The molecule has 0 spiro atoms. The predicted molar refractivity (Wildman–Crippen MR) is 64.9 cm³/mol. The minimum Gasteiger partial charge on any atom is -0.307 e. The molecule has 1 N–H and O–H groups in total. The van der Waals surface area contributed by atoms with Crippen molar-refractivity contribution in [1.82, 2.24) is 5.32 Å². The maximum Gasteiger partial charge on any atom is 0.0323 e. The standard InChI is InChI=1S/C14H21N/c1-2-3-9-13-10-11-14(15-13)12-7-5-4-6-8-12/h4-8,13-15H,2-3,9-11H2,1H3. The van der Waals surface area contributed by atoms with Crippen LogP contribution >= 0.6 is 0 Å². The minimum absolute atomic E-state index is 0.605. The molecule has 0 saturated carbocycles. The van der Waals surface area contributed by atoms with Gasteiger partial charge in [0.25, 0.3) is 0 Å². The second-order valence-corrected chi connectivity index (χ2v) is 4.55. The predicted octanol–water partition coefficient (Wildman–Crippen LogP) is 3.67. The van der Waals surface area contributed by atoms with E-state index in [2.05, 4.69) is 42.6 Å². The van der Waals surface area contributed by atoms with Gasteiger partial charge in [-0.15, -0.1) is 0 Å². The first-order valence-electron chi connectivity index (χ1n) is 6.21. The van der Waals surface area contributed by atoms with E-state index >= 15 is 0 Å². The monoisotopic (exact) mass is 203 g/mol. The highest BCUT2D eigenvalue weighted by Gasteiger charge is 2.23. The zero-order valence-electron chi connectivity index (χ0n) is 9.58. The van der Waals surface area contributed by atoms with E-state index in [0.29, 0.717) is 6.04 Å². The molecular weight excluding hydrogens is 182 g/mol. The molecule has 0 amide bonds. The Morgan fingerprint density at radius 2 is 2.00 bits per heavy atom. The fourth-order valence-corrected chi connectivity index (χ4v) is 2.45. The molecule has 0 aliphatic carbocycles. The summed E-state index contributed by atoms with van der Waals surface area (Å²) in [5.41, 5.74) is 1.46. The van der Waals surface area contributed by atoms with Crippen LogP contribution in [0.25, 0.3) is 0 Å². The third kappa shape index (κ3) is 2.82. The number of rotatable bonds is 4. The molecular formula is C14H21N. The summed E-state index contributed by atoms with van der Waals surface area (Å²) in [6.45, 7) is 2.27. The maximum absolute atomic E-state index is 3.74. The zero-order valence-corrected chi connectivity index (χ0v) is 9.58. The third-order valence-corrected chi connectivity index (χ3v) is 3.35. The quantitative estimate of drug-likeness (QED) is 0.787. The van der Waals surface area contributed by atoms with Crippen LogP contribution in [0.1, 0.15) is 50.6 Å². The van der Waals surface area contributed by atoms with Crippen molar-refractivity contribution in [2.45, 2.75) is 51.1 Å². The Kier molecular flexibility index (Phi) is 3.79. The highest BCUT2D eigenvalue weighted by atomic mass is 15.0. The number of nitrogens with one attached hydrogen (secondary N) is 1. The Labute approximate surface area is 92.9 Å². The lowest BCUT2D eigenvalue weighted by atomic mass is 10.1. The van der Waals surface area contributed by atoms with Gasteiger partial charge in [0.15, 0.2) is 0 Å². The lowest BCUT2D eigenvalue weighted by molar-refractivity contribution is 0.502. The van der Waals surface area contributed by atoms with Gasteiger partial charge in [-0.2, -0.15) is 0 Å². The van der Waals surface area contributed by atoms with Gasteiger partial charge in [-0.1, -0.05) is 50.1 Å². The van der Waals surface area contributed by atoms with Gasteiger partial charge in [0.1, 0.15) is 0 Å². The molecule has 1 aliphatic heterocycles. The lowest BCUT2D eigenvalue weighted by Gasteiger charge is -2.14. The van der Waals surface area contributed by atoms with E-state index in [-0.39, 0.29) is 0 Å². The first-order chi connectivity index (χ1) is 7.40. The van der Waals surface area contributed by atoms with Crippen LogP contribution in [0.4, 0.5) is 0 Å². The van der Waals surface area contributed by atoms with Gasteiger partial charge in [0.2, 0.25) is 0 Å². The molecule has 1 aromatic carbocycles. The number of hydrogen-bond acceptors (Lipinski definition) is 1. The number of hydrogen-bond donors (Lipinski definition) is 1. The smallest absolute Gasteiger partial charge is 0.0323 e. The first-order valence-corrected chi connectivity index (χ1v) is 6.21. The SMILES string of the molecule is CCCCC1CCC(c2ccccc2)N1. The molecule has 2 rings (SSSR count). The van der Waals surface area contributed by atoms with Gasteiger partial charge in [-0.25, -0.2) is 0 Å². The summed E-state index contributed by atoms with van der Waals surface area (Å²) in [6, 6.07) is 12.2. The molecule has 1 saturated heterocycles. The average Bonchev–Trinajstić information content (AvgIpc) is 2.76. The van der Waals surface area contributed by atoms with Crippen molar-refractivity contribution in [3.63, 3.8) is 0 Å². The second-order valence-electron chi connectivity index (χ2n) is 4.55. The van der Waals surface area contributed by atoms with Crippen molar-refractivity contribution < 1.29 is 0 Å². The third-order valence-electron chi connectivity index (χ3n) is 3.35. The van der Waals surface area contributed by atoms with Crippen LogP contribution in [0.5, 0.6) is 0 Å². The van der Waals surface area contributed by atoms with Gasteiger partial charge < -0.3 is 5.32 Å². The molecule has 0 bridgehead atoms. The van der Waals surface area contributed by atoms with E-state index < -0.39 is 0 Å². The van der Waals surface area contributed by atoms with Crippen molar-refractivity contribution >= 4 is 0 Å². The number of benzene rings is 1. The van der Waals surface area contributed by atoms with Crippen LogP contribution in [0.3, 0.4) is 0 Å². The average molecular weight is 203 g/mol. The second kappa shape index (κ2) is 5.32. The van der Waals surface area contributed by atoms with E-state index in [1.165, 1.54) is 37.7 Å².